The summed E-state index contributed by atoms with van der Waals surface area (Å²) in [7, 11) is -3.37. The quantitative estimate of drug-likeness (QED) is 0.882. The molecule has 23 heavy (non-hydrogen) atoms. The zero-order valence-electron chi connectivity index (χ0n) is 13.1. The minimum atomic E-state index is -3.37. The lowest BCUT2D eigenvalue weighted by Crippen LogP contribution is -2.35. The van der Waals surface area contributed by atoms with E-state index in [1.165, 1.54) is 0 Å². The zero-order chi connectivity index (χ0) is 16.1. The first-order chi connectivity index (χ1) is 11.2. The van der Waals surface area contributed by atoms with E-state index in [2.05, 4.69) is 5.32 Å². The molecule has 1 aliphatic heterocycles. The third-order valence-electron chi connectivity index (χ3n) is 4.06. The smallest absolute Gasteiger partial charge is 0.243 e. The van der Waals surface area contributed by atoms with Crippen LogP contribution in [0.3, 0.4) is 0 Å². The second kappa shape index (κ2) is 7.29. The summed E-state index contributed by atoms with van der Waals surface area (Å²) in [6.07, 6.45) is 4.65. The first-order valence-corrected chi connectivity index (χ1v) is 9.42. The second-order valence-electron chi connectivity index (χ2n) is 5.80. The molecule has 2 aromatic rings. The molecule has 0 amide bonds. The Morgan fingerprint density at radius 2 is 1.87 bits per heavy atom. The molecule has 5 nitrogen and oxygen atoms in total. The van der Waals surface area contributed by atoms with E-state index >= 15 is 0 Å². The van der Waals surface area contributed by atoms with E-state index in [4.69, 9.17) is 4.42 Å². The van der Waals surface area contributed by atoms with Gasteiger partial charge in [0.05, 0.1) is 17.7 Å². The molecule has 1 aromatic heterocycles. The Balaban J connectivity index is 1.66. The third kappa shape index (κ3) is 4.02. The van der Waals surface area contributed by atoms with Crippen LogP contribution in [0.5, 0.6) is 0 Å². The minimum absolute atomic E-state index is 0.386. The standard InChI is InChI=1S/C17H22N2O3S/c20-23(21,19-9-2-1-3-10-19)17-8-4-6-15(12-17)13-18-14-16-7-5-11-22-16/h4-8,11-12,18H,1-3,9-10,13-14H2. The normalized spacial score (nSPS) is 16.5. The molecule has 1 N–H and O–H groups in total. The first-order valence-electron chi connectivity index (χ1n) is 7.98. The Morgan fingerprint density at radius 3 is 2.61 bits per heavy atom. The molecule has 2 heterocycles. The van der Waals surface area contributed by atoms with Crippen molar-refractivity contribution in [3.8, 4) is 0 Å². The van der Waals surface area contributed by atoms with Gasteiger partial charge in [0.1, 0.15) is 5.76 Å². The van der Waals surface area contributed by atoms with Crippen molar-refractivity contribution in [1.82, 2.24) is 9.62 Å². The predicted octanol–water partition coefficient (Wildman–Crippen LogP) is 2.74. The van der Waals surface area contributed by atoms with Gasteiger partial charge in [-0.1, -0.05) is 18.6 Å². The number of hydrogen-bond acceptors (Lipinski definition) is 4. The van der Waals surface area contributed by atoms with E-state index in [0.717, 1.165) is 30.6 Å². The molecule has 3 rings (SSSR count). The van der Waals surface area contributed by atoms with Crippen LogP contribution in [0.2, 0.25) is 0 Å². The Bertz CT molecular complexity index is 720. The molecular weight excluding hydrogens is 312 g/mol. The van der Waals surface area contributed by atoms with Crippen LogP contribution in [0.15, 0.2) is 52.0 Å². The van der Waals surface area contributed by atoms with Gasteiger partial charge in [0.15, 0.2) is 0 Å². The zero-order valence-corrected chi connectivity index (χ0v) is 13.9. The number of hydrogen-bond donors (Lipinski definition) is 1. The van der Waals surface area contributed by atoms with Gasteiger partial charge < -0.3 is 9.73 Å². The molecule has 0 radical (unpaired) electrons. The van der Waals surface area contributed by atoms with Gasteiger partial charge in [0.2, 0.25) is 10.0 Å². The average Bonchev–Trinajstić information content (AvgIpc) is 3.09. The first kappa shape index (κ1) is 16.2. The van der Waals surface area contributed by atoms with Gasteiger partial charge in [-0.15, -0.1) is 0 Å². The number of nitrogens with zero attached hydrogens (tertiary/aromatic N) is 1. The molecule has 1 fully saturated rings. The maximum absolute atomic E-state index is 12.7. The van der Waals surface area contributed by atoms with Crippen molar-refractivity contribution in [1.29, 1.82) is 0 Å². The minimum Gasteiger partial charge on any atom is -0.468 e. The molecule has 0 bridgehead atoms. The highest BCUT2D eigenvalue weighted by atomic mass is 32.2. The fraction of sp³-hybridized carbons (Fsp3) is 0.412. The number of furan rings is 1. The topological polar surface area (TPSA) is 62.6 Å². The fourth-order valence-corrected chi connectivity index (χ4v) is 4.40. The van der Waals surface area contributed by atoms with Gasteiger partial charge in [-0.2, -0.15) is 4.31 Å². The van der Waals surface area contributed by atoms with Crippen LogP contribution in [0.25, 0.3) is 0 Å². The molecule has 124 valence electrons. The van der Waals surface area contributed by atoms with Crippen molar-refractivity contribution in [2.45, 2.75) is 37.2 Å². The van der Waals surface area contributed by atoms with Gasteiger partial charge in [-0.3, -0.25) is 0 Å². The summed E-state index contributed by atoms with van der Waals surface area (Å²) >= 11 is 0. The lowest BCUT2D eigenvalue weighted by Gasteiger charge is -2.26. The molecule has 0 spiro atoms. The summed E-state index contributed by atoms with van der Waals surface area (Å²) in [5, 5.41) is 3.26. The van der Waals surface area contributed by atoms with Crippen molar-refractivity contribution < 1.29 is 12.8 Å². The molecule has 6 heteroatoms. The summed E-state index contributed by atoms with van der Waals surface area (Å²) in [4.78, 5) is 0.386. The highest BCUT2D eigenvalue weighted by Gasteiger charge is 2.25. The van der Waals surface area contributed by atoms with Crippen LogP contribution in [-0.4, -0.2) is 25.8 Å². The van der Waals surface area contributed by atoms with Gasteiger partial charge in [0, 0.05) is 19.6 Å². The maximum atomic E-state index is 12.7. The molecule has 0 atom stereocenters. The fourth-order valence-electron chi connectivity index (χ4n) is 2.81. The van der Waals surface area contributed by atoms with E-state index in [-0.39, 0.29) is 0 Å². The van der Waals surface area contributed by atoms with Crippen molar-refractivity contribution in [3.05, 3.63) is 54.0 Å². The number of nitrogens with one attached hydrogen (secondary N) is 1. The number of benzene rings is 1. The van der Waals surface area contributed by atoms with E-state index in [0.29, 0.717) is 31.1 Å². The van der Waals surface area contributed by atoms with Crippen LogP contribution in [0, 0.1) is 0 Å². The van der Waals surface area contributed by atoms with Gasteiger partial charge in [-0.05, 0) is 42.7 Å². The van der Waals surface area contributed by atoms with E-state index in [1.54, 1.807) is 28.8 Å². The summed E-state index contributed by atoms with van der Waals surface area (Å²) in [6.45, 7) is 2.48. The second-order valence-corrected chi connectivity index (χ2v) is 7.73. The third-order valence-corrected chi connectivity index (χ3v) is 5.95. The molecule has 0 aliphatic carbocycles. The monoisotopic (exact) mass is 334 g/mol. The maximum Gasteiger partial charge on any atom is 0.243 e. The van der Waals surface area contributed by atoms with Crippen LogP contribution < -0.4 is 5.32 Å². The molecule has 1 aromatic carbocycles. The van der Waals surface area contributed by atoms with Crippen molar-refractivity contribution >= 4 is 10.0 Å². The van der Waals surface area contributed by atoms with Crippen LogP contribution >= 0.6 is 0 Å². The SMILES string of the molecule is O=S(=O)(c1cccc(CNCc2ccco2)c1)N1CCCCC1. The van der Waals surface area contributed by atoms with E-state index in [9.17, 15) is 8.42 Å². The lowest BCUT2D eigenvalue weighted by molar-refractivity contribution is 0.346. The van der Waals surface area contributed by atoms with Gasteiger partial charge >= 0.3 is 0 Å². The number of rotatable bonds is 6. The largest absolute Gasteiger partial charge is 0.468 e. The van der Waals surface area contributed by atoms with Crippen LogP contribution in [0.4, 0.5) is 0 Å². The Hall–Kier alpha value is -1.63. The number of sulfonamides is 1. The molecule has 1 aliphatic rings. The van der Waals surface area contributed by atoms with Crippen molar-refractivity contribution in [2.24, 2.45) is 0 Å². The summed E-state index contributed by atoms with van der Waals surface area (Å²) < 4.78 is 32.2. The summed E-state index contributed by atoms with van der Waals surface area (Å²) in [5.41, 5.74) is 0.953. The molecule has 0 saturated carbocycles. The average molecular weight is 334 g/mol. The van der Waals surface area contributed by atoms with Gasteiger partial charge in [-0.25, -0.2) is 8.42 Å². The molecular formula is C17H22N2O3S. The molecule has 0 unspecified atom stereocenters. The van der Waals surface area contributed by atoms with Gasteiger partial charge in [0.25, 0.3) is 0 Å². The summed E-state index contributed by atoms with van der Waals surface area (Å²) in [5.74, 6) is 0.863. The van der Waals surface area contributed by atoms with E-state index in [1.807, 2.05) is 18.2 Å². The predicted molar refractivity (Wildman–Crippen MR) is 88.3 cm³/mol. The number of piperidine rings is 1. The Labute approximate surface area is 137 Å². The Kier molecular flexibility index (Phi) is 5.15. The Morgan fingerprint density at radius 1 is 1.04 bits per heavy atom. The van der Waals surface area contributed by atoms with Crippen LogP contribution in [0.1, 0.15) is 30.6 Å². The summed E-state index contributed by atoms with van der Waals surface area (Å²) in [6, 6.07) is 10.9. The van der Waals surface area contributed by atoms with E-state index < -0.39 is 10.0 Å². The van der Waals surface area contributed by atoms with Crippen molar-refractivity contribution in [3.63, 3.8) is 0 Å². The lowest BCUT2D eigenvalue weighted by atomic mass is 10.2. The molecule has 1 saturated heterocycles. The van der Waals surface area contributed by atoms with Crippen molar-refractivity contribution in [2.75, 3.05) is 13.1 Å². The highest BCUT2D eigenvalue weighted by Crippen LogP contribution is 2.21. The highest BCUT2D eigenvalue weighted by molar-refractivity contribution is 7.89. The van der Waals surface area contributed by atoms with Crippen LogP contribution in [-0.2, 0) is 23.1 Å².